The molecule has 1 unspecified atom stereocenters. The van der Waals surface area contributed by atoms with Crippen LogP contribution in [0.2, 0.25) is 0 Å². The molecule has 0 radical (unpaired) electrons. The lowest BCUT2D eigenvalue weighted by Gasteiger charge is -2.33. The predicted molar refractivity (Wildman–Crippen MR) is 87.2 cm³/mol. The van der Waals surface area contributed by atoms with Crippen molar-refractivity contribution in [2.24, 2.45) is 5.92 Å². The zero-order valence-corrected chi connectivity index (χ0v) is 14.6. The third-order valence-electron chi connectivity index (χ3n) is 3.57. The number of piperidine rings is 1. The number of hydrogen-bond acceptors (Lipinski definition) is 6. The van der Waals surface area contributed by atoms with E-state index in [1.54, 1.807) is 19.0 Å². The summed E-state index contributed by atoms with van der Waals surface area (Å²) in [6, 6.07) is -0.0579. The molecule has 1 atom stereocenters. The van der Waals surface area contributed by atoms with Gasteiger partial charge in [0.25, 0.3) is 0 Å². The number of carbonyl (C=O) groups is 2. The maximum atomic E-state index is 12.4. The van der Waals surface area contributed by atoms with Crippen LogP contribution in [0.4, 0.5) is 9.93 Å². The van der Waals surface area contributed by atoms with Gasteiger partial charge in [0.15, 0.2) is 0 Å². The molecule has 0 aromatic carbocycles. The maximum Gasteiger partial charge on any atom is 0.319 e. The van der Waals surface area contributed by atoms with Crippen LogP contribution in [0.15, 0.2) is 0 Å². The van der Waals surface area contributed by atoms with Gasteiger partial charge >= 0.3 is 6.03 Å². The second kappa shape index (κ2) is 8.21. The summed E-state index contributed by atoms with van der Waals surface area (Å²) in [6.07, 6.45) is 1.59. The fraction of sp³-hybridized carbons (Fsp3) is 0.714. The zero-order chi connectivity index (χ0) is 16.8. The van der Waals surface area contributed by atoms with Crippen LogP contribution >= 0.6 is 11.3 Å². The third-order valence-corrected chi connectivity index (χ3v) is 4.38. The van der Waals surface area contributed by atoms with Crippen LogP contribution in [0.25, 0.3) is 0 Å². The zero-order valence-electron chi connectivity index (χ0n) is 13.7. The molecule has 1 fully saturated rings. The molecular formula is C14H23N5O3S. The number of nitrogens with one attached hydrogen (secondary N) is 1. The van der Waals surface area contributed by atoms with Crippen molar-refractivity contribution in [2.75, 3.05) is 39.1 Å². The number of carbonyl (C=O) groups excluding carboxylic acids is 2. The van der Waals surface area contributed by atoms with Crippen molar-refractivity contribution in [2.45, 2.75) is 26.4 Å². The number of urea groups is 1. The van der Waals surface area contributed by atoms with Crippen LogP contribution in [-0.2, 0) is 16.1 Å². The Morgan fingerprint density at radius 2 is 2.22 bits per heavy atom. The highest BCUT2D eigenvalue weighted by Gasteiger charge is 2.29. The molecule has 1 aliphatic rings. The Hall–Kier alpha value is -1.74. The van der Waals surface area contributed by atoms with Crippen molar-refractivity contribution < 1.29 is 14.3 Å². The Bertz CT molecular complexity index is 548. The van der Waals surface area contributed by atoms with Gasteiger partial charge in [-0.15, -0.1) is 10.2 Å². The number of hydrogen-bond donors (Lipinski definition) is 1. The van der Waals surface area contributed by atoms with E-state index in [1.807, 2.05) is 6.92 Å². The van der Waals surface area contributed by atoms with E-state index >= 15 is 0 Å². The van der Waals surface area contributed by atoms with Gasteiger partial charge in [-0.05, 0) is 19.8 Å². The van der Waals surface area contributed by atoms with E-state index < -0.39 is 0 Å². The highest BCUT2D eigenvalue weighted by atomic mass is 32.1. The highest BCUT2D eigenvalue weighted by Crippen LogP contribution is 2.21. The molecular weight excluding hydrogens is 318 g/mol. The van der Waals surface area contributed by atoms with Crippen molar-refractivity contribution >= 4 is 28.4 Å². The summed E-state index contributed by atoms with van der Waals surface area (Å²) in [5.41, 5.74) is 0. The summed E-state index contributed by atoms with van der Waals surface area (Å²) >= 11 is 1.31. The van der Waals surface area contributed by atoms with E-state index in [9.17, 15) is 9.59 Å². The molecule has 1 N–H and O–H groups in total. The predicted octanol–water partition coefficient (Wildman–Crippen LogP) is 1.41. The van der Waals surface area contributed by atoms with Gasteiger partial charge in [0.1, 0.15) is 11.6 Å². The van der Waals surface area contributed by atoms with Crippen molar-refractivity contribution in [3.63, 3.8) is 0 Å². The molecule has 3 amide bonds. The Labute approximate surface area is 139 Å². The van der Waals surface area contributed by atoms with E-state index in [4.69, 9.17) is 4.74 Å². The summed E-state index contributed by atoms with van der Waals surface area (Å²) in [4.78, 5) is 27.6. The van der Waals surface area contributed by atoms with Crippen LogP contribution in [-0.4, -0.2) is 65.7 Å². The lowest BCUT2D eigenvalue weighted by atomic mass is 9.97. The number of ether oxygens (including phenoxy) is 1. The standard InChI is InChI=1S/C14H23N5O3S/c1-4-22-9-11-16-17-13(23-11)15-12(20)10-6-5-7-19(8-10)14(21)18(2)3/h10H,4-9H2,1-3H3,(H,15,17,20). The van der Waals surface area contributed by atoms with Gasteiger partial charge in [0.05, 0.1) is 5.92 Å². The van der Waals surface area contributed by atoms with Crippen LogP contribution in [0.1, 0.15) is 24.8 Å². The van der Waals surface area contributed by atoms with Gasteiger partial charge in [0, 0.05) is 33.8 Å². The van der Waals surface area contributed by atoms with Crippen molar-refractivity contribution in [3.8, 4) is 0 Å². The summed E-state index contributed by atoms with van der Waals surface area (Å²) in [5.74, 6) is -0.327. The Kier molecular flexibility index (Phi) is 6.28. The lowest BCUT2D eigenvalue weighted by Crippen LogP contribution is -2.47. The average molecular weight is 341 g/mol. The van der Waals surface area contributed by atoms with E-state index in [-0.39, 0.29) is 17.9 Å². The largest absolute Gasteiger partial charge is 0.374 e. The summed E-state index contributed by atoms with van der Waals surface area (Å²) < 4.78 is 5.26. The molecule has 1 aromatic rings. The number of aromatic nitrogens is 2. The number of likely N-dealkylation sites (tertiary alicyclic amines) is 1. The fourth-order valence-corrected chi connectivity index (χ4v) is 3.09. The number of anilines is 1. The van der Waals surface area contributed by atoms with Crippen molar-refractivity contribution in [3.05, 3.63) is 5.01 Å². The molecule has 8 nitrogen and oxygen atoms in total. The molecule has 0 spiro atoms. The first-order valence-electron chi connectivity index (χ1n) is 7.68. The Morgan fingerprint density at radius 3 is 2.91 bits per heavy atom. The fourth-order valence-electron chi connectivity index (χ4n) is 2.41. The summed E-state index contributed by atoms with van der Waals surface area (Å²) in [6.45, 7) is 4.05. The smallest absolute Gasteiger partial charge is 0.319 e. The molecule has 128 valence electrons. The van der Waals surface area contributed by atoms with Crippen LogP contribution in [0, 0.1) is 5.92 Å². The summed E-state index contributed by atoms with van der Waals surface area (Å²) in [5, 5.41) is 11.9. The Balaban J connectivity index is 1.89. The van der Waals surface area contributed by atoms with Crippen molar-refractivity contribution in [1.29, 1.82) is 0 Å². The van der Waals surface area contributed by atoms with Crippen LogP contribution in [0.5, 0.6) is 0 Å². The molecule has 2 rings (SSSR count). The van der Waals surface area contributed by atoms with E-state index in [2.05, 4.69) is 15.5 Å². The van der Waals surface area contributed by atoms with E-state index in [0.29, 0.717) is 31.4 Å². The molecule has 1 aliphatic heterocycles. The molecule has 9 heteroatoms. The first-order valence-corrected chi connectivity index (χ1v) is 8.50. The second-order valence-corrected chi connectivity index (χ2v) is 6.65. The summed E-state index contributed by atoms with van der Waals surface area (Å²) in [7, 11) is 3.43. The lowest BCUT2D eigenvalue weighted by molar-refractivity contribution is -0.121. The van der Waals surface area contributed by atoms with Gasteiger partial charge < -0.3 is 19.9 Å². The monoisotopic (exact) mass is 341 g/mol. The minimum absolute atomic E-state index is 0.0579. The van der Waals surface area contributed by atoms with E-state index in [0.717, 1.165) is 17.8 Å². The second-order valence-electron chi connectivity index (χ2n) is 5.59. The molecule has 2 heterocycles. The number of amides is 3. The maximum absolute atomic E-state index is 12.4. The normalized spacial score (nSPS) is 17.9. The Morgan fingerprint density at radius 1 is 1.43 bits per heavy atom. The van der Waals surface area contributed by atoms with Crippen LogP contribution < -0.4 is 5.32 Å². The molecule has 0 aliphatic carbocycles. The van der Waals surface area contributed by atoms with Gasteiger partial charge in [-0.1, -0.05) is 11.3 Å². The quantitative estimate of drug-likeness (QED) is 0.875. The number of rotatable bonds is 5. The highest BCUT2D eigenvalue weighted by molar-refractivity contribution is 7.15. The van der Waals surface area contributed by atoms with Gasteiger partial charge in [-0.25, -0.2) is 4.79 Å². The first-order chi connectivity index (χ1) is 11.0. The van der Waals surface area contributed by atoms with Crippen LogP contribution in [0.3, 0.4) is 0 Å². The average Bonchev–Trinajstić information content (AvgIpc) is 2.99. The van der Waals surface area contributed by atoms with Gasteiger partial charge in [-0.3, -0.25) is 4.79 Å². The topological polar surface area (TPSA) is 87.7 Å². The minimum Gasteiger partial charge on any atom is -0.374 e. The molecule has 23 heavy (non-hydrogen) atoms. The minimum atomic E-state index is -0.216. The van der Waals surface area contributed by atoms with Gasteiger partial charge in [0.2, 0.25) is 11.0 Å². The molecule has 1 aromatic heterocycles. The number of nitrogens with zero attached hydrogens (tertiary/aromatic N) is 4. The van der Waals surface area contributed by atoms with E-state index in [1.165, 1.54) is 16.2 Å². The SMILES string of the molecule is CCOCc1nnc(NC(=O)C2CCCN(C(=O)N(C)C)C2)s1. The van der Waals surface area contributed by atoms with Crippen molar-refractivity contribution in [1.82, 2.24) is 20.0 Å². The first kappa shape index (κ1) is 17.6. The molecule has 1 saturated heterocycles. The third kappa shape index (κ3) is 4.87. The molecule has 0 bridgehead atoms. The molecule has 0 saturated carbocycles. The van der Waals surface area contributed by atoms with Gasteiger partial charge in [-0.2, -0.15) is 0 Å².